The summed E-state index contributed by atoms with van der Waals surface area (Å²) < 4.78 is 1.60. The fourth-order valence-electron chi connectivity index (χ4n) is 3.22. The number of nitrogens with zero attached hydrogens (tertiary/aromatic N) is 4. The molecule has 0 atom stereocenters. The van der Waals surface area contributed by atoms with Gasteiger partial charge in [-0.15, -0.1) is 0 Å². The number of aryl methyl sites for hydroxylation is 2. The molecule has 8 heteroatoms. The number of carbonyl (C=O) groups excluding carboxylic acids is 2. The van der Waals surface area contributed by atoms with E-state index in [2.05, 4.69) is 10.1 Å². The number of rotatable bonds is 6. The molecular formula is C20H22ClN5O2. The molecule has 7 nitrogen and oxygen atoms in total. The summed E-state index contributed by atoms with van der Waals surface area (Å²) >= 11 is 5.90. The number of hydrogen-bond donors (Lipinski definition) is 1. The van der Waals surface area contributed by atoms with Crippen molar-refractivity contribution in [3.05, 3.63) is 63.6 Å². The number of halogens is 1. The average Bonchev–Trinajstić information content (AvgIpc) is 3.07. The van der Waals surface area contributed by atoms with Crippen LogP contribution in [0.3, 0.4) is 0 Å². The predicted molar refractivity (Wildman–Crippen MR) is 107 cm³/mol. The van der Waals surface area contributed by atoms with Crippen LogP contribution in [0.25, 0.3) is 5.65 Å². The molecule has 2 amide bonds. The third kappa shape index (κ3) is 3.99. The Morgan fingerprint density at radius 3 is 2.54 bits per heavy atom. The molecule has 3 aromatic rings. The van der Waals surface area contributed by atoms with Gasteiger partial charge in [0.2, 0.25) is 5.91 Å². The number of amides is 2. The van der Waals surface area contributed by atoms with E-state index >= 15 is 0 Å². The molecule has 2 heterocycles. The van der Waals surface area contributed by atoms with Gasteiger partial charge in [0.1, 0.15) is 5.56 Å². The SMILES string of the molecule is Cc1nc2c(C(N)=O)cnn2c(C)c1CCC(=O)N(C)Cc1ccc(Cl)cc1. The maximum atomic E-state index is 12.6. The van der Waals surface area contributed by atoms with E-state index in [1.165, 1.54) is 6.20 Å². The summed E-state index contributed by atoms with van der Waals surface area (Å²) in [6.07, 6.45) is 2.31. The second-order valence-corrected chi connectivity index (χ2v) is 7.23. The maximum absolute atomic E-state index is 12.6. The Kier molecular flexibility index (Phi) is 5.65. The van der Waals surface area contributed by atoms with E-state index in [9.17, 15) is 9.59 Å². The molecule has 0 aliphatic carbocycles. The first-order chi connectivity index (χ1) is 13.3. The highest BCUT2D eigenvalue weighted by Gasteiger charge is 2.18. The molecule has 0 aliphatic rings. The summed E-state index contributed by atoms with van der Waals surface area (Å²) in [6, 6.07) is 7.44. The number of hydrogen-bond acceptors (Lipinski definition) is 4. The van der Waals surface area contributed by atoms with Gasteiger partial charge in [0.15, 0.2) is 5.65 Å². The molecule has 0 unspecified atom stereocenters. The minimum atomic E-state index is -0.562. The van der Waals surface area contributed by atoms with E-state index in [0.29, 0.717) is 30.1 Å². The zero-order valence-corrected chi connectivity index (χ0v) is 16.8. The molecule has 2 aromatic heterocycles. The molecule has 0 fully saturated rings. The number of fused-ring (bicyclic) bond motifs is 1. The van der Waals surface area contributed by atoms with Gasteiger partial charge in [0, 0.05) is 36.4 Å². The van der Waals surface area contributed by atoms with Crippen LogP contribution in [0.1, 0.15) is 39.3 Å². The highest BCUT2D eigenvalue weighted by Crippen LogP contribution is 2.19. The van der Waals surface area contributed by atoms with E-state index in [1.54, 1.807) is 16.5 Å². The van der Waals surface area contributed by atoms with Gasteiger partial charge in [-0.25, -0.2) is 9.50 Å². The van der Waals surface area contributed by atoms with Crippen LogP contribution in [-0.2, 0) is 17.8 Å². The molecule has 0 bridgehead atoms. The summed E-state index contributed by atoms with van der Waals surface area (Å²) in [4.78, 5) is 30.2. The lowest BCUT2D eigenvalue weighted by Gasteiger charge is -2.18. The summed E-state index contributed by atoms with van der Waals surface area (Å²) in [5.74, 6) is -0.528. The van der Waals surface area contributed by atoms with Gasteiger partial charge >= 0.3 is 0 Å². The van der Waals surface area contributed by atoms with Gasteiger partial charge in [0.05, 0.1) is 6.20 Å². The van der Waals surface area contributed by atoms with Crippen molar-refractivity contribution in [3.8, 4) is 0 Å². The first kappa shape index (κ1) is 19.8. The van der Waals surface area contributed by atoms with Gasteiger partial charge in [-0.2, -0.15) is 5.10 Å². The van der Waals surface area contributed by atoms with Crippen molar-refractivity contribution in [2.45, 2.75) is 33.2 Å². The molecule has 0 aliphatic heterocycles. The van der Waals surface area contributed by atoms with Crippen molar-refractivity contribution in [2.75, 3.05) is 7.05 Å². The highest BCUT2D eigenvalue weighted by molar-refractivity contribution is 6.30. The van der Waals surface area contributed by atoms with Crippen molar-refractivity contribution < 1.29 is 9.59 Å². The molecule has 0 spiro atoms. The lowest BCUT2D eigenvalue weighted by Crippen LogP contribution is -2.26. The Morgan fingerprint density at radius 2 is 1.89 bits per heavy atom. The Hall–Kier alpha value is -2.93. The number of benzene rings is 1. The molecule has 3 rings (SSSR count). The predicted octanol–water partition coefficient (Wildman–Crippen LogP) is 2.69. The zero-order chi connectivity index (χ0) is 20.4. The van der Waals surface area contributed by atoms with Crippen LogP contribution in [-0.4, -0.2) is 38.4 Å². The maximum Gasteiger partial charge on any atom is 0.254 e. The van der Waals surface area contributed by atoms with Crippen molar-refractivity contribution in [3.63, 3.8) is 0 Å². The summed E-state index contributed by atoms with van der Waals surface area (Å²) in [7, 11) is 1.78. The molecule has 28 heavy (non-hydrogen) atoms. The quantitative estimate of drug-likeness (QED) is 0.689. The van der Waals surface area contributed by atoms with Crippen molar-refractivity contribution >= 4 is 29.1 Å². The van der Waals surface area contributed by atoms with Crippen LogP contribution >= 0.6 is 11.6 Å². The average molecular weight is 400 g/mol. The van der Waals surface area contributed by atoms with Gasteiger partial charge in [-0.1, -0.05) is 23.7 Å². The molecule has 0 saturated heterocycles. The normalized spacial score (nSPS) is 11.0. The lowest BCUT2D eigenvalue weighted by molar-refractivity contribution is -0.130. The Labute approximate surface area is 168 Å². The smallest absolute Gasteiger partial charge is 0.254 e. The highest BCUT2D eigenvalue weighted by atomic mass is 35.5. The number of nitrogens with two attached hydrogens (primary N) is 1. The van der Waals surface area contributed by atoms with Crippen LogP contribution < -0.4 is 5.73 Å². The molecule has 146 valence electrons. The number of carbonyl (C=O) groups is 2. The molecule has 0 saturated carbocycles. The van der Waals surface area contributed by atoms with Crippen LogP contribution in [0.5, 0.6) is 0 Å². The fraction of sp³-hybridized carbons (Fsp3) is 0.300. The lowest BCUT2D eigenvalue weighted by atomic mass is 10.1. The molecule has 2 N–H and O–H groups in total. The first-order valence-electron chi connectivity index (χ1n) is 8.90. The largest absolute Gasteiger partial charge is 0.365 e. The molecule has 1 aromatic carbocycles. The number of primary amides is 1. The Morgan fingerprint density at radius 1 is 1.21 bits per heavy atom. The van der Waals surface area contributed by atoms with Gasteiger partial charge in [-0.3, -0.25) is 9.59 Å². The summed E-state index contributed by atoms with van der Waals surface area (Å²) in [5, 5.41) is 4.88. The van der Waals surface area contributed by atoms with E-state index in [1.807, 2.05) is 38.1 Å². The third-order valence-electron chi connectivity index (χ3n) is 4.82. The van der Waals surface area contributed by atoms with E-state index < -0.39 is 5.91 Å². The van der Waals surface area contributed by atoms with Gasteiger partial charge < -0.3 is 10.6 Å². The van der Waals surface area contributed by atoms with E-state index in [0.717, 1.165) is 22.5 Å². The Balaban J connectivity index is 1.73. The minimum Gasteiger partial charge on any atom is -0.365 e. The second-order valence-electron chi connectivity index (χ2n) is 6.80. The van der Waals surface area contributed by atoms with Crippen LogP contribution in [0.4, 0.5) is 0 Å². The standard InChI is InChI=1S/C20H22ClN5O2/c1-12-16(13(2)26-20(24-12)17(10-23-26)19(22)28)8-9-18(27)25(3)11-14-4-6-15(21)7-5-14/h4-7,10H,8-9,11H2,1-3H3,(H2,22,28). The van der Waals surface area contributed by atoms with Crippen LogP contribution in [0, 0.1) is 13.8 Å². The Bertz CT molecular complexity index is 1040. The first-order valence-corrected chi connectivity index (χ1v) is 9.27. The second kappa shape index (κ2) is 7.98. The van der Waals surface area contributed by atoms with Crippen molar-refractivity contribution in [1.29, 1.82) is 0 Å². The monoisotopic (exact) mass is 399 g/mol. The summed E-state index contributed by atoms with van der Waals surface area (Å²) in [5.41, 5.74) is 9.69. The van der Waals surface area contributed by atoms with E-state index in [-0.39, 0.29) is 11.5 Å². The third-order valence-corrected chi connectivity index (χ3v) is 5.07. The molecular weight excluding hydrogens is 378 g/mol. The molecule has 0 radical (unpaired) electrons. The number of aromatic nitrogens is 3. The zero-order valence-electron chi connectivity index (χ0n) is 16.1. The van der Waals surface area contributed by atoms with Crippen molar-refractivity contribution in [1.82, 2.24) is 19.5 Å². The fourth-order valence-corrected chi connectivity index (χ4v) is 3.35. The van der Waals surface area contributed by atoms with E-state index in [4.69, 9.17) is 17.3 Å². The van der Waals surface area contributed by atoms with Crippen LogP contribution in [0.2, 0.25) is 5.02 Å². The topological polar surface area (TPSA) is 93.6 Å². The summed E-state index contributed by atoms with van der Waals surface area (Å²) in [6.45, 7) is 4.28. The van der Waals surface area contributed by atoms with Crippen LogP contribution in [0.15, 0.2) is 30.5 Å². The van der Waals surface area contributed by atoms with Crippen molar-refractivity contribution in [2.24, 2.45) is 5.73 Å². The van der Waals surface area contributed by atoms with Gasteiger partial charge in [-0.05, 0) is 43.5 Å². The minimum absolute atomic E-state index is 0.0344. The van der Waals surface area contributed by atoms with Gasteiger partial charge in [0.25, 0.3) is 5.91 Å².